The quantitative estimate of drug-likeness (QED) is 0.164. The molecule has 3 aromatic rings. The number of hydrogen-bond acceptors (Lipinski definition) is 5. The predicted octanol–water partition coefficient (Wildman–Crippen LogP) is 8.19. The molecule has 0 saturated heterocycles. The molecule has 1 amide bonds. The first-order valence-electron chi connectivity index (χ1n) is 15.1. The zero-order valence-corrected chi connectivity index (χ0v) is 26.2. The maximum atomic E-state index is 12.6. The largest absolute Gasteiger partial charge is 0.488 e. The topological polar surface area (TPSA) is 97.8 Å². The van der Waals surface area contributed by atoms with Crippen molar-refractivity contribution in [1.82, 2.24) is 4.98 Å². The molecular weight excluding hydrogens is 540 g/mol. The summed E-state index contributed by atoms with van der Waals surface area (Å²) in [5.74, 6) is -0.345. The molecule has 1 heterocycles. The summed E-state index contributed by atoms with van der Waals surface area (Å²) in [6.45, 7) is 10.9. The average Bonchev–Trinajstić information content (AvgIpc) is 2.97. The molecule has 1 aromatic heterocycles. The Morgan fingerprint density at radius 2 is 1.65 bits per heavy atom. The van der Waals surface area contributed by atoms with Gasteiger partial charge in [-0.1, -0.05) is 50.3 Å². The Kier molecular flexibility index (Phi) is 12.5. The number of benzene rings is 2. The molecule has 0 atom stereocenters. The Bertz CT molecular complexity index is 1350. The summed E-state index contributed by atoms with van der Waals surface area (Å²) in [6.07, 6.45) is 7.62. The second-order valence-electron chi connectivity index (χ2n) is 11.9. The smallest absolute Gasteiger partial charge is 0.310 e. The maximum Gasteiger partial charge on any atom is 0.310 e. The van der Waals surface area contributed by atoms with Crippen LogP contribution in [0.25, 0.3) is 12.2 Å². The summed E-state index contributed by atoms with van der Waals surface area (Å²) in [4.78, 5) is 29.1. The Balaban J connectivity index is 1.44. The predicted molar refractivity (Wildman–Crippen MR) is 173 cm³/mol. The summed E-state index contributed by atoms with van der Waals surface area (Å²) in [6, 6.07) is 21.6. The molecule has 0 saturated carbocycles. The molecule has 0 aliphatic carbocycles. The van der Waals surface area contributed by atoms with Crippen LogP contribution in [0.2, 0.25) is 0 Å². The van der Waals surface area contributed by atoms with Crippen LogP contribution in [-0.2, 0) is 27.4 Å². The number of carbonyl (C=O) groups excluding carboxylic acids is 1. The summed E-state index contributed by atoms with van der Waals surface area (Å²) in [5.41, 5.74) is 3.26. The zero-order chi connectivity index (χ0) is 31.3. The minimum absolute atomic E-state index is 0.0599. The third-order valence-corrected chi connectivity index (χ3v) is 7.35. The summed E-state index contributed by atoms with van der Waals surface area (Å²) in [7, 11) is 0. The molecule has 0 fully saturated rings. The number of nitrogens with zero attached hydrogens (tertiary/aromatic N) is 1. The van der Waals surface area contributed by atoms with Gasteiger partial charge in [-0.25, -0.2) is 0 Å². The van der Waals surface area contributed by atoms with Crippen LogP contribution in [0.3, 0.4) is 0 Å². The number of amides is 1. The Morgan fingerprint density at radius 1 is 0.930 bits per heavy atom. The van der Waals surface area contributed by atoms with Gasteiger partial charge in [0.05, 0.1) is 23.4 Å². The molecule has 0 aliphatic rings. The fourth-order valence-corrected chi connectivity index (χ4v) is 4.75. The van der Waals surface area contributed by atoms with Crippen LogP contribution >= 0.6 is 0 Å². The van der Waals surface area contributed by atoms with Gasteiger partial charge in [0, 0.05) is 18.7 Å². The van der Waals surface area contributed by atoms with Crippen LogP contribution in [-0.4, -0.2) is 34.2 Å². The van der Waals surface area contributed by atoms with E-state index in [0.717, 1.165) is 42.0 Å². The number of carboxylic acids is 1. The second kappa shape index (κ2) is 16.0. The molecule has 3 rings (SSSR count). The number of carbonyl (C=O) groups is 2. The van der Waals surface area contributed by atoms with E-state index in [1.54, 1.807) is 19.9 Å². The molecule has 2 N–H and O–H groups in total. The van der Waals surface area contributed by atoms with Crippen molar-refractivity contribution in [3.05, 3.63) is 89.2 Å². The first kappa shape index (κ1) is 33.5. The zero-order valence-electron chi connectivity index (χ0n) is 26.2. The van der Waals surface area contributed by atoms with E-state index in [2.05, 4.69) is 22.4 Å². The molecule has 0 bridgehead atoms. The van der Waals surface area contributed by atoms with Crippen LogP contribution in [0, 0.1) is 5.41 Å². The van der Waals surface area contributed by atoms with Gasteiger partial charge in [-0.2, -0.15) is 0 Å². The molecule has 43 heavy (non-hydrogen) atoms. The van der Waals surface area contributed by atoms with E-state index < -0.39 is 11.4 Å². The number of unbranched alkanes of at least 4 members (excludes halogenated alkanes) is 1. The van der Waals surface area contributed by atoms with E-state index in [9.17, 15) is 14.7 Å². The van der Waals surface area contributed by atoms with Gasteiger partial charge in [0.1, 0.15) is 11.4 Å². The van der Waals surface area contributed by atoms with Crippen molar-refractivity contribution in [1.29, 1.82) is 0 Å². The monoisotopic (exact) mass is 586 g/mol. The summed E-state index contributed by atoms with van der Waals surface area (Å²) < 4.78 is 11.8. The van der Waals surface area contributed by atoms with Gasteiger partial charge >= 0.3 is 5.97 Å². The van der Waals surface area contributed by atoms with E-state index in [1.165, 1.54) is 5.56 Å². The fourth-order valence-electron chi connectivity index (χ4n) is 4.75. The standard InChI is InChI=1S/C36H46N2O5/c1-6-36(7-2,34(40)41)25-33(39)38-30-15-10-13-28(24-30)17-20-29-14-11-16-31(37-29)26-42-23-9-8-12-27-18-21-32(22-19-27)43-35(3,4)5/h10-11,13-22,24H,6-9,12,23,25-26H2,1-5H3,(H,38,39)(H,40,41). The average molecular weight is 587 g/mol. The molecule has 7 heteroatoms. The highest BCUT2D eigenvalue weighted by molar-refractivity contribution is 5.94. The van der Waals surface area contributed by atoms with Gasteiger partial charge in [-0.05, 0) is 106 Å². The van der Waals surface area contributed by atoms with Crippen molar-refractivity contribution in [3.63, 3.8) is 0 Å². The third kappa shape index (κ3) is 11.3. The van der Waals surface area contributed by atoms with E-state index in [0.29, 0.717) is 31.7 Å². The molecule has 0 radical (unpaired) electrons. The Morgan fingerprint density at radius 3 is 2.33 bits per heavy atom. The Labute approximate surface area is 256 Å². The number of rotatable bonds is 16. The molecule has 230 valence electrons. The first-order chi connectivity index (χ1) is 20.5. The third-order valence-electron chi connectivity index (χ3n) is 7.35. The van der Waals surface area contributed by atoms with Crippen molar-refractivity contribution in [3.8, 4) is 5.75 Å². The number of aryl methyl sites for hydroxylation is 1. The lowest BCUT2D eigenvalue weighted by Crippen LogP contribution is -2.34. The van der Waals surface area contributed by atoms with E-state index in [1.807, 2.05) is 81.5 Å². The fraction of sp³-hybridized carbons (Fsp3) is 0.417. The number of aliphatic carboxylic acids is 1. The molecule has 0 unspecified atom stereocenters. The van der Waals surface area contributed by atoms with Crippen molar-refractivity contribution in [2.24, 2.45) is 5.41 Å². The van der Waals surface area contributed by atoms with Gasteiger partial charge in [-0.15, -0.1) is 0 Å². The van der Waals surface area contributed by atoms with Crippen LogP contribution in [0.1, 0.15) is 89.2 Å². The first-order valence-corrected chi connectivity index (χ1v) is 15.1. The van der Waals surface area contributed by atoms with E-state index in [-0.39, 0.29) is 17.9 Å². The van der Waals surface area contributed by atoms with Crippen molar-refractivity contribution in [2.45, 2.75) is 85.4 Å². The number of ether oxygens (including phenoxy) is 2. The molecule has 0 aliphatic heterocycles. The van der Waals surface area contributed by atoms with E-state index >= 15 is 0 Å². The van der Waals surface area contributed by atoms with Crippen LogP contribution in [0.15, 0.2) is 66.7 Å². The molecule has 0 spiro atoms. The second-order valence-corrected chi connectivity index (χ2v) is 11.9. The lowest BCUT2D eigenvalue weighted by Gasteiger charge is -2.25. The van der Waals surface area contributed by atoms with Crippen molar-refractivity contribution in [2.75, 3.05) is 11.9 Å². The van der Waals surface area contributed by atoms with Crippen molar-refractivity contribution < 1.29 is 24.2 Å². The van der Waals surface area contributed by atoms with E-state index in [4.69, 9.17) is 9.47 Å². The Hall–Kier alpha value is -3.97. The number of pyridine rings is 1. The van der Waals surface area contributed by atoms with Crippen molar-refractivity contribution >= 4 is 29.7 Å². The highest BCUT2D eigenvalue weighted by Gasteiger charge is 2.37. The number of aromatic nitrogens is 1. The highest BCUT2D eigenvalue weighted by atomic mass is 16.5. The maximum absolute atomic E-state index is 12.6. The molecular formula is C36H46N2O5. The molecule has 7 nitrogen and oxygen atoms in total. The van der Waals surface area contributed by atoms with Crippen LogP contribution < -0.4 is 10.1 Å². The number of anilines is 1. The van der Waals surface area contributed by atoms with Gasteiger partial charge in [-0.3, -0.25) is 14.6 Å². The minimum Gasteiger partial charge on any atom is -0.488 e. The number of hydrogen-bond donors (Lipinski definition) is 2. The highest BCUT2D eigenvalue weighted by Crippen LogP contribution is 2.31. The van der Waals surface area contributed by atoms with Crippen LogP contribution in [0.4, 0.5) is 5.69 Å². The number of carboxylic acid groups (broad SMARTS) is 1. The van der Waals surface area contributed by atoms with Gasteiger partial charge in [0.15, 0.2) is 0 Å². The minimum atomic E-state index is -1.04. The lowest BCUT2D eigenvalue weighted by atomic mass is 9.79. The summed E-state index contributed by atoms with van der Waals surface area (Å²) >= 11 is 0. The summed E-state index contributed by atoms with van der Waals surface area (Å²) in [5, 5.41) is 12.5. The van der Waals surface area contributed by atoms with Gasteiger partial charge < -0.3 is 19.9 Å². The van der Waals surface area contributed by atoms with Gasteiger partial charge in [0.25, 0.3) is 0 Å². The SMILES string of the molecule is CCC(CC)(CC(=O)Nc1cccc(C=Cc2cccc(COCCCCc3ccc(OC(C)(C)C)cc3)n2)c1)C(=O)O. The molecule has 2 aromatic carbocycles. The van der Waals surface area contributed by atoms with Gasteiger partial charge in [0.2, 0.25) is 5.91 Å². The normalized spacial score (nSPS) is 11.9. The lowest BCUT2D eigenvalue weighted by molar-refractivity contribution is -0.151. The van der Waals surface area contributed by atoms with Crippen LogP contribution in [0.5, 0.6) is 5.75 Å². The number of nitrogens with one attached hydrogen (secondary N) is 1.